The van der Waals surface area contributed by atoms with Crippen LogP contribution < -0.4 is 5.73 Å². The number of aliphatic hydroxyl groups excluding tert-OH is 1. The van der Waals surface area contributed by atoms with Crippen LogP contribution in [-0.2, 0) is 0 Å². The summed E-state index contributed by atoms with van der Waals surface area (Å²) in [5.41, 5.74) is 8.75. The lowest BCUT2D eigenvalue weighted by molar-refractivity contribution is 0.169. The van der Waals surface area contributed by atoms with Crippen molar-refractivity contribution in [3.63, 3.8) is 0 Å². The van der Waals surface area contributed by atoms with Crippen LogP contribution in [0.5, 0.6) is 0 Å². The minimum atomic E-state index is -0.411. The number of rotatable bonds is 3. The van der Waals surface area contributed by atoms with E-state index in [0.29, 0.717) is 13.0 Å². The van der Waals surface area contributed by atoms with Crippen molar-refractivity contribution < 1.29 is 5.11 Å². The van der Waals surface area contributed by atoms with Crippen molar-refractivity contribution in [2.45, 2.75) is 26.4 Å². The Morgan fingerprint density at radius 1 is 1.38 bits per heavy atom. The van der Waals surface area contributed by atoms with Crippen molar-refractivity contribution in [3.8, 4) is 0 Å². The topological polar surface area (TPSA) is 46.2 Å². The largest absolute Gasteiger partial charge is 0.388 e. The van der Waals surface area contributed by atoms with E-state index in [4.69, 9.17) is 5.73 Å². The Morgan fingerprint density at radius 2 is 2.08 bits per heavy atom. The molecule has 1 rings (SSSR count). The van der Waals surface area contributed by atoms with Crippen molar-refractivity contribution in [2.75, 3.05) is 6.54 Å². The van der Waals surface area contributed by atoms with Gasteiger partial charge in [-0.15, -0.1) is 0 Å². The fourth-order valence-electron chi connectivity index (χ4n) is 1.51. The number of hydrogen-bond donors (Lipinski definition) is 2. The normalized spacial score (nSPS) is 12.9. The molecule has 1 aromatic carbocycles. The standard InChI is InChI=1S/C11H17NO/c1-8-3-4-10(9(2)7-8)11(13)5-6-12/h3-4,7,11,13H,5-6,12H2,1-2H3/t11-/m1/s1. The van der Waals surface area contributed by atoms with E-state index in [-0.39, 0.29) is 0 Å². The Morgan fingerprint density at radius 3 is 2.62 bits per heavy atom. The molecule has 3 N–H and O–H groups in total. The van der Waals surface area contributed by atoms with Gasteiger partial charge in [-0.3, -0.25) is 0 Å². The molecule has 0 fully saturated rings. The third kappa shape index (κ3) is 2.54. The third-order valence-corrected chi connectivity index (χ3v) is 2.22. The first kappa shape index (κ1) is 10.2. The molecule has 0 saturated heterocycles. The Labute approximate surface area is 79.4 Å². The van der Waals surface area contributed by atoms with Gasteiger partial charge in [0, 0.05) is 0 Å². The van der Waals surface area contributed by atoms with Crippen molar-refractivity contribution in [2.24, 2.45) is 5.73 Å². The first-order valence-electron chi connectivity index (χ1n) is 4.60. The number of hydrogen-bond acceptors (Lipinski definition) is 2. The van der Waals surface area contributed by atoms with Gasteiger partial charge in [-0.1, -0.05) is 23.8 Å². The van der Waals surface area contributed by atoms with E-state index < -0.39 is 6.10 Å². The van der Waals surface area contributed by atoms with Gasteiger partial charge in [0.2, 0.25) is 0 Å². The highest BCUT2D eigenvalue weighted by Gasteiger charge is 2.08. The average Bonchev–Trinajstić information content (AvgIpc) is 2.04. The highest BCUT2D eigenvalue weighted by molar-refractivity contribution is 5.31. The molecule has 0 aliphatic heterocycles. The summed E-state index contributed by atoms with van der Waals surface area (Å²) in [7, 11) is 0. The Kier molecular flexibility index (Phi) is 3.46. The van der Waals surface area contributed by atoms with Crippen LogP contribution in [0.4, 0.5) is 0 Å². The second kappa shape index (κ2) is 4.40. The van der Waals surface area contributed by atoms with Gasteiger partial charge in [-0.2, -0.15) is 0 Å². The molecule has 2 nitrogen and oxygen atoms in total. The molecule has 1 atom stereocenters. The molecular formula is C11H17NO. The van der Waals surface area contributed by atoms with Crippen LogP contribution in [0.1, 0.15) is 29.2 Å². The predicted octanol–water partition coefficient (Wildman–Crippen LogP) is 1.69. The number of aliphatic hydroxyl groups is 1. The second-order valence-electron chi connectivity index (χ2n) is 3.45. The van der Waals surface area contributed by atoms with Gasteiger partial charge in [0.15, 0.2) is 0 Å². The zero-order valence-electron chi connectivity index (χ0n) is 8.25. The highest BCUT2D eigenvalue weighted by atomic mass is 16.3. The number of nitrogens with two attached hydrogens (primary N) is 1. The van der Waals surface area contributed by atoms with Crippen molar-refractivity contribution >= 4 is 0 Å². The van der Waals surface area contributed by atoms with Crippen LogP contribution >= 0.6 is 0 Å². The van der Waals surface area contributed by atoms with Gasteiger partial charge in [-0.25, -0.2) is 0 Å². The van der Waals surface area contributed by atoms with Crippen molar-refractivity contribution in [1.82, 2.24) is 0 Å². The van der Waals surface area contributed by atoms with Gasteiger partial charge < -0.3 is 10.8 Å². The lowest BCUT2D eigenvalue weighted by atomic mass is 9.99. The molecule has 0 unspecified atom stereocenters. The molecular weight excluding hydrogens is 162 g/mol. The smallest absolute Gasteiger partial charge is 0.0804 e. The molecule has 0 saturated carbocycles. The van der Waals surface area contributed by atoms with Crippen LogP contribution in [-0.4, -0.2) is 11.7 Å². The predicted molar refractivity (Wildman–Crippen MR) is 54.5 cm³/mol. The summed E-state index contributed by atoms with van der Waals surface area (Å²) >= 11 is 0. The first-order chi connectivity index (χ1) is 6.15. The van der Waals surface area contributed by atoms with Gasteiger partial charge >= 0.3 is 0 Å². The van der Waals surface area contributed by atoms with Gasteiger partial charge in [-0.05, 0) is 37.9 Å². The maximum absolute atomic E-state index is 9.71. The number of aryl methyl sites for hydroxylation is 2. The van der Waals surface area contributed by atoms with Crippen LogP contribution in [0.3, 0.4) is 0 Å². The van der Waals surface area contributed by atoms with E-state index in [1.807, 2.05) is 26.0 Å². The van der Waals surface area contributed by atoms with Crippen molar-refractivity contribution in [3.05, 3.63) is 34.9 Å². The summed E-state index contributed by atoms with van der Waals surface area (Å²) < 4.78 is 0. The average molecular weight is 179 g/mol. The summed E-state index contributed by atoms with van der Waals surface area (Å²) in [6.45, 7) is 4.59. The highest BCUT2D eigenvalue weighted by Crippen LogP contribution is 2.20. The minimum Gasteiger partial charge on any atom is -0.388 e. The van der Waals surface area contributed by atoms with E-state index in [9.17, 15) is 5.11 Å². The lowest BCUT2D eigenvalue weighted by Crippen LogP contribution is -2.07. The molecule has 1 aromatic rings. The Balaban J connectivity index is 2.88. The maximum Gasteiger partial charge on any atom is 0.0804 e. The molecule has 0 radical (unpaired) electrons. The van der Waals surface area contributed by atoms with E-state index >= 15 is 0 Å². The Bertz CT molecular complexity index is 283. The van der Waals surface area contributed by atoms with E-state index in [1.165, 1.54) is 5.56 Å². The quantitative estimate of drug-likeness (QED) is 0.741. The molecule has 0 bridgehead atoms. The van der Waals surface area contributed by atoms with Gasteiger partial charge in [0.1, 0.15) is 0 Å². The molecule has 2 heteroatoms. The fraction of sp³-hybridized carbons (Fsp3) is 0.455. The van der Waals surface area contributed by atoms with Crippen molar-refractivity contribution in [1.29, 1.82) is 0 Å². The van der Waals surface area contributed by atoms with Crippen LogP contribution in [0.25, 0.3) is 0 Å². The summed E-state index contributed by atoms with van der Waals surface area (Å²) in [6, 6.07) is 6.07. The molecule has 0 aromatic heterocycles. The minimum absolute atomic E-state index is 0.411. The summed E-state index contributed by atoms with van der Waals surface area (Å²) in [6.07, 6.45) is 0.217. The molecule has 72 valence electrons. The van der Waals surface area contributed by atoms with Crippen LogP contribution in [0, 0.1) is 13.8 Å². The summed E-state index contributed by atoms with van der Waals surface area (Å²) in [5.74, 6) is 0. The third-order valence-electron chi connectivity index (χ3n) is 2.22. The zero-order chi connectivity index (χ0) is 9.84. The van der Waals surface area contributed by atoms with Crippen LogP contribution in [0.2, 0.25) is 0 Å². The van der Waals surface area contributed by atoms with Crippen LogP contribution in [0.15, 0.2) is 18.2 Å². The van der Waals surface area contributed by atoms with E-state index in [0.717, 1.165) is 11.1 Å². The molecule has 0 amide bonds. The zero-order valence-corrected chi connectivity index (χ0v) is 8.25. The summed E-state index contributed by atoms with van der Waals surface area (Å²) in [5, 5.41) is 9.71. The van der Waals surface area contributed by atoms with E-state index in [1.54, 1.807) is 0 Å². The molecule has 0 aliphatic rings. The first-order valence-corrected chi connectivity index (χ1v) is 4.60. The maximum atomic E-state index is 9.71. The lowest BCUT2D eigenvalue weighted by Gasteiger charge is -2.12. The molecule has 13 heavy (non-hydrogen) atoms. The monoisotopic (exact) mass is 179 g/mol. The SMILES string of the molecule is Cc1ccc([C@H](O)CCN)c(C)c1. The number of benzene rings is 1. The second-order valence-corrected chi connectivity index (χ2v) is 3.45. The molecule has 0 aliphatic carbocycles. The molecule has 0 heterocycles. The molecule has 0 spiro atoms. The fourth-order valence-corrected chi connectivity index (χ4v) is 1.51. The summed E-state index contributed by atoms with van der Waals surface area (Å²) in [4.78, 5) is 0. The van der Waals surface area contributed by atoms with Gasteiger partial charge in [0.05, 0.1) is 6.10 Å². The van der Waals surface area contributed by atoms with E-state index in [2.05, 4.69) is 6.07 Å². The Hall–Kier alpha value is -0.860. The van der Waals surface area contributed by atoms with Gasteiger partial charge in [0.25, 0.3) is 0 Å².